The van der Waals surface area contributed by atoms with Crippen molar-refractivity contribution in [1.29, 1.82) is 5.41 Å². The Morgan fingerprint density at radius 1 is 1.21 bits per heavy atom. The first-order chi connectivity index (χ1) is 11.6. The summed E-state index contributed by atoms with van der Waals surface area (Å²) in [7, 11) is 1.75. The van der Waals surface area contributed by atoms with Gasteiger partial charge in [0.15, 0.2) is 0 Å². The van der Waals surface area contributed by atoms with E-state index in [1.54, 1.807) is 11.9 Å². The Kier molecular flexibility index (Phi) is 5.34. The predicted octanol–water partition coefficient (Wildman–Crippen LogP) is 3.57. The summed E-state index contributed by atoms with van der Waals surface area (Å²) in [5, 5.41) is 11.6. The molecule has 1 amide bonds. The lowest BCUT2D eigenvalue weighted by molar-refractivity contribution is -0.134. The zero-order valence-corrected chi connectivity index (χ0v) is 14.7. The lowest BCUT2D eigenvalue weighted by Gasteiger charge is -2.33. The summed E-state index contributed by atoms with van der Waals surface area (Å²) in [5.41, 5.74) is 0.821. The van der Waals surface area contributed by atoms with Crippen molar-refractivity contribution in [3.8, 4) is 0 Å². The van der Waals surface area contributed by atoms with E-state index in [1.807, 2.05) is 18.2 Å². The molecule has 2 aliphatic rings. The number of hydrogen-bond acceptors (Lipinski definition) is 3. The molecule has 0 aromatic heterocycles. The van der Waals surface area contributed by atoms with Gasteiger partial charge in [-0.15, -0.1) is 0 Å². The molecule has 4 nitrogen and oxygen atoms in total. The third kappa shape index (κ3) is 3.69. The average Bonchev–Trinajstić information content (AvgIpc) is 2.81. The minimum Gasteiger partial charge on any atom is -0.312 e. The summed E-state index contributed by atoms with van der Waals surface area (Å²) in [6, 6.07) is 10.3. The zero-order chi connectivity index (χ0) is 17.0. The number of carbonyl (C=O) groups is 1. The van der Waals surface area contributed by atoms with Crippen LogP contribution in [0, 0.1) is 16.7 Å². The van der Waals surface area contributed by atoms with E-state index in [1.165, 1.54) is 37.7 Å². The highest BCUT2D eigenvalue weighted by Gasteiger charge is 2.49. The molecule has 3 rings (SSSR count). The van der Waals surface area contributed by atoms with E-state index in [0.717, 1.165) is 13.0 Å². The van der Waals surface area contributed by atoms with Crippen molar-refractivity contribution in [3.63, 3.8) is 0 Å². The molecule has 0 bridgehead atoms. The largest absolute Gasteiger partial charge is 0.312 e. The molecular formula is C20H29N3O. The van der Waals surface area contributed by atoms with Gasteiger partial charge in [0.05, 0.1) is 5.41 Å². The fourth-order valence-corrected chi connectivity index (χ4v) is 4.35. The Hall–Kier alpha value is -1.68. The molecule has 1 aromatic carbocycles. The SMILES string of the molecule is CN1C(=N)CC(CNCc2ccccc2)(CC2CCCCC2)C1=O. The zero-order valence-electron chi connectivity index (χ0n) is 14.7. The van der Waals surface area contributed by atoms with E-state index >= 15 is 0 Å². The van der Waals surface area contributed by atoms with Crippen molar-refractivity contribution in [1.82, 2.24) is 10.2 Å². The van der Waals surface area contributed by atoms with E-state index in [-0.39, 0.29) is 5.91 Å². The van der Waals surface area contributed by atoms with Gasteiger partial charge < -0.3 is 10.2 Å². The normalized spacial score (nSPS) is 25.5. The summed E-state index contributed by atoms with van der Waals surface area (Å²) < 4.78 is 0. The highest BCUT2D eigenvalue weighted by Crippen LogP contribution is 2.41. The summed E-state index contributed by atoms with van der Waals surface area (Å²) in [6.07, 6.45) is 7.91. The molecule has 1 unspecified atom stereocenters. The van der Waals surface area contributed by atoms with Gasteiger partial charge in [-0.1, -0.05) is 62.4 Å². The van der Waals surface area contributed by atoms with E-state index < -0.39 is 5.41 Å². The number of benzene rings is 1. The molecule has 1 atom stereocenters. The van der Waals surface area contributed by atoms with Crippen LogP contribution in [-0.4, -0.2) is 30.2 Å². The molecule has 0 spiro atoms. The van der Waals surface area contributed by atoms with E-state index in [9.17, 15) is 4.79 Å². The number of carbonyl (C=O) groups excluding carboxylic acids is 1. The summed E-state index contributed by atoms with van der Waals surface area (Å²) in [6.45, 7) is 1.45. The van der Waals surface area contributed by atoms with Crippen molar-refractivity contribution in [3.05, 3.63) is 35.9 Å². The Balaban J connectivity index is 1.67. The maximum atomic E-state index is 12.9. The third-order valence-corrected chi connectivity index (χ3v) is 5.71. The van der Waals surface area contributed by atoms with Crippen molar-refractivity contribution >= 4 is 11.7 Å². The van der Waals surface area contributed by atoms with Gasteiger partial charge in [0.1, 0.15) is 5.84 Å². The van der Waals surface area contributed by atoms with Gasteiger partial charge in [0.25, 0.3) is 0 Å². The molecule has 2 fully saturated rings. The van der Waals surface area contributed by atoms with Crippen LogP contribution in [-0.2, 0) is 11.3 Å². The maximum absolute atomic E-state index is 12.9. The standard InChI is InChI=1S/C20H29N3O/c1-23-18(21)13-20(19(23)24,12-16-8-4-2-5-9-16)15-22-14-17-10-6-3-7-11-17/h3,6-7,10-11,16,21-22H,2,4-5,8-9,12-15H2,1H3. The fraction of sp³-hybridized carbons (Fsp3) is 0.600. The third-order valence-electron chi connectivity index (χ3n) is 5.71. The topological polar surface area (TPSA) is 56.2 Å². The van der Waals surface area contributed by atoms with Gasteiger partial charge in [-0.05, 0) is 17.9 Å². The number of amidine groups is 1. The highest BCUT2D eigenvalue weighted by molar-refractivity contribution is 6.06. The van der Waals surface area contributed by atoms with Crippen LogP contribution in [0.25, 0.3) is 0 Å². The summed E-state index contributed by atoms with van der Waals surface area (Å²) in [4.78, 5) is 14.5. The summed E-state index contributed by atoms with van der Waals surface area (Å²) in [5.74, 6) is 1.25. The minimum absolute atomic E-state index is 0.138. The first-order valence-corrected chi connectivity index (χ1v) is 9.21. The van der Waals surface area contributed by atoms with Crippen LogP contribution < -0.4 is 5.32 Å². The molecular weight excluding hydrogens is 298 g/mol. The molecule has 1 aliphatic carbocycles. The molecule has 1 heterocycles. The van der Waals surface area contributed by atoms with Crippen LogP contribution in [0.1, 0.15) is 50.5 Å². The van der Waals surface area contributed by atoms with Crippen molar-refractivity contribution in [2.45, 2.75) is 51.5 Å². The van der Waals surface area contributed by atoms with E-state index in [4.69, 9.17) is 5.41 Å². The quantitative estimate of drug-likeness (QED) is 0.839. The van der Waals surface area contributed by atoms with Gasteiger partial charge in [-0.2, -0.15) is 0 Å². The van der Waals surface area contributed by atoms with Crippen molar-refractivity contribution in [2.24, 2.45) is 11.3 Å². The first-order valence-electron chi connectivity index (χ1n) is 9.21. The number of likely N-dealkylation sites (tertiary alicyclic amines) is 1. The van der Waals surface area contributed by atoms with Gasteiger partial charge in [0.2, 0.25) is 5.91 Å². The second kappa shape index (κ2) is 7.47. The van der Waals surface area contributed by atoms with Crippen LogP contribution in [0.2, 0.25) is 0 Å². The van der Waals surface area contributed by atoms with Crippen LogP contribution >= 0.6 is 0 Å². The Morgan fingerprint density at radius 3 is 2.54 bits per heavy atom. The monoisotopic (exact) mass is 327 g/mol. The molecule has 130 valence electrons. The lowest BCUT2D eigenvalue weighted by Crippen LogP contribution is -2.42. The molecule has 0 radical (unpaired) electrons. The molecule has 2 N–H and O–H groups in total. The Morgan fingerprint density at radius 2 is 1.92 bits per heavy atom. The van der Waals surface area contributed by atoms with Gasteiger partial charge in [-0.3, -0.25) is 10.2 Å². The molecule has 1 aliphatic heterocycles. The smallest absolute Gasteiger partial charge is 0.235 e. The lowest BCUT2D eigenvalue weighted by atomic mass is 9.73. The number of nitrogens with zero attached hydrogens (tertiary/aromatic N) is 1. The number of nitrogens with one attached hydrogen (secondary N) is 2. The van der Waals surface area contributed by atoms with Crippen molar-refractivity contribution < 1.29 is 4.79 Å². The molecule has 1 saturated heterocycles. The first kappa shape index (κ1) is 17.2. The van der Waals surface area contributed by atoms with Gasteiger partial charge in [0, 0.05) is 26.6 Å². The Bertz CT molecular complexity index is 580. The number of rotatable bonds is 6. The molecule has 1 aromatic rings. The molecule has 4 heteroatoms. The van der Waals surface area contributed by atoms with E-state index in [0.29, 0.717) is 24.7 Å². The average molecular weight is 327 g/mol. The second-order valence-corrected chi connectivity index (χ2v) is 7.57. The van der Waals surface area contributed by atoms with Crippen LogP contribution in [0.4, 0.5) is 0 Å². The molecule has 24 heavy (non-hydrogen) atoms. The predicted molar refractivity (Wildman–Crippen MR) is 96.9 cm³/mol. The fourth-order valence-electron chi connectivity index (χ4n) is 4.35. The van der Waals surface area contributed by atoms with Crippen LogP contribution in [0.5, 0.6) is 0 Å². The van der Waals surface area contributed by atoms with Gasteiger partial charge >= 0.3 is 0 Å². The Labute approximate surface area is 145 Å². The number of hydrogen-bond donors (Lipinski definition) is 2. The second-order valence-electron chi connectivity index (χ2n) is 7.57. The minimum atomic E-state index is -0.414. The maximum Gasteiger partial charge on any atom is 0.235 e. The molecule has 1 saturated carbocycles. The van der Waals surface area contributed by atoms with Crippen LogP contribution in [0.15, 0.2) is 30.3 Å². The highest BCUT2D eigenvalue weighted by atomic mass is 16.2. The van der Waals surface area contributed by atoms with Crippen molar-refractivity contribution in [2.75, 3.05) is 13.6 Å². The summed E-state index contributed by atoms with van der Waals surface area (Å²) >= 11 is 0. The van der Waals surface area contributed by atoms with Gasteiger partial charge in [-0.25, -0.2) is 0 Å². The van der Waals surface area contributed by atoms with E-state index in [2.05, 4.69) is 17.4 Å². The van der Waals surface area contributed by atoms with Crippen LogP contribution in [0.3, 0.4) is 0 Å². The number of amides is 1.